The highest BCUT2D eigenvalue weighted by atomic mass is 19.3. The Morgan fingerprint density at radius 3 is 2.71 bits per heavy atom. The first-order valence-electron chi connectivity index (χ1n) is 5.94. The van der Waals surface area contributed by atoms with Gasteiger partial charge in [-0.25, -0.2) is 8.78 Å². The van der Waals surface area contributed by atoms with Crippen molar-refractivity contribution in [2.75, 3.05) is 33.3 Å². The molecular formula is C11H20F2N2O2. The summed E-state index contributed by atoms with van der Waals surface area (Å²) in [5.74, 6) is -0.292. The minimum absolute atomic E-state index is 0.174. The van der Waals surface area contributed by atoms with E-state index in [1.807, 2.05) is 0 Å². The monoisotopic (exact) mass is 250 g/mol. The van der Waals surface area contributed by atoms with Gasteiger partial charge < -0.3 is 15.0 Å². The highest BCUT2D eigenvalue weighted by Gasteiger charge is 2.16. The maximum Gasteiger partial charge on any atom is 0.255 e. The van der Waals surface area contributed by atoms with Gasteiger partial charge in [0.2, 0.25) is 5.91 Å². The van der Waals surface area contributed by atoms with E-state index in [-0.39, 0.29) is 18.4 Å². The first-order valence-corrected chi connectivity index (χ1v) is 5.94. The molecule has 1 aliphatic rings. The number of nitrogens with zero attached hydrogens (tertiary/aromatic N) is 1. The SMILES string of the molecule is CN(CC(F)F)C(=O)CCOC1CCNCC1. The molecule has 0 aromatic heterocycles. The normalized spacial score (nSPS) is 17.4. The van der Waals surface area contributed by atoms with Gasteiger partial charge in [-0.2, -0.15) is 0 Å². The van der Waals surface area contributed by atoms with Crippen LogP contribution in [-0.4, -0.2) is 56.6 Å². The maximum atomic E-state index is 12.0. The Morgan fingerprint density at radius 2 is 2.12 bits per heavy atom. The molecule has 6 heteroatoms. The van der Waals surface area contributed by atoms with Crippen LogP contribution in [0.25, 0.3) is 0 Å². The fraction of sp³-hybridized carbons (Fsp3) is 0.909. The predicted molar refractivity (Wildman–Crippen MR) is 60.1 cm³/mol. The second-order valence-electron chi connectivity index (χ2n) is 4.24. The van der Waals surface area contributed by atoms with Crippen molar-refractivity contribution in [3.63, 3.8) is 0 Å². The number of carbonyl (C=O) groups is 1. The van der Waals surface area contributed by atoms with Gasteiger partial charge in [0, 0.05) is 7.05 Å². The first-order chi connectivity index (χ1) is 8.09. The Kier molecular flexibility index (Phi) is 6.36. The second-order valence-corrected chi connectivity index (χ2v) is 4.24. The summed E-state index contributed by atoms with van der Waals surface area (Å²) in [5.41, 5.74) is 0. The van der Waals surface area contributed by atoms with Gasteiger partial charge in [0.1, 0.15) is 0 Å². The molecule has 0 aromatic rings. The molecule has 4 nitrogen and oxygen atoms in total. The van der Waals surface area contributed by atoms with Crippen LogP contribution in [0.4, 0.5) is 8.78 Å². The Morgan fingerprint density at radius 1 is 1.47 bits per heavy atom. The summed E-state index contributed by atoms with van der Waals surface area (Å²) in [7, 11) is 1.39. The highest BCUT2D eigenvalue weighted by molar-refractivity contribution is 5.75. The average molecular weight is 250 g/mol. The number of amides is 1. The molecule has 1 fully saturated rings. The molecule has 100 valence electrons. The smallest absolute Gasteiger partial charge is 0.255 e. The number of nitrogens with one attached hydrogen (secondary N) is 1. The van der Waals surface area contributed by atoms with E-state index < -0.39 is 13.0 Å². The van der Waals surface area contributed by atoms with Crippen LogP contribution in [0.3, 0.4) is 0 Å². The number of piperidine rings is 1. The average Bonchev–Trinajstić information content (AvgIpc) is 2.29. The number of alkyl halides is 2. The lowest BCUT2D eigenvalue weighted by Crippen LogP contribution is -2.34. The lowest BCUT2D eigenvalue weighted by atomic mass is 10.1. The van der Waals surface area contributed by atoms with E-state index in [0.29, 0.717) is 6.61 Å². The summed E-state index contributed by atoms with van der Waals surface area (Å²) in [6.07, 6.45) is -0.214. The van der Waals surface area contributed by atoms with E-state index in [1.165, 1.54) is 7.05 Å². The van der Waals surface area contributed by atoms with Crippen molar-refractivity contribution in [1.82, 2.24) is 10.2 Å². The zero-order valence-corrected chi connectivity index (χ0v) is 10.1. The van der Waals surface area contributed by atoms with Crippen molar-refractivity contribution in [2.24, 2.45) is 0 Å². The van der Waals surface area contributed by atoms with Crippen LogP contribution in [0, 0.1) is 0 Å². The molecule has 0 spiro atoms. The van der Waals surface area contributed by atoms with Gasteiger partial charge in [0.25, 0.3) is 6.43 Å². The molecular weight excluding hydrogens is 230 g/mol. The molecule has 1 rings (SSSR count). The van der Waals surface area contributed by atoms with Crippen LogP contribution in [0.2, 0.25) is 0 Å². The molecule has 0 unspecified atom stereocenters. The molecule has 0 aliphatic carbocycles. The van der Waals surface area contributed by atoms with Gasteiger partial charge in [-0.15, -0.1) is 0 Å². The van der Waals surface area contributed by atoms with Crippen LogP contribution < -0.4 is 5.32 Å². The van der Waals surface area contributed by atoms with Gasteiger partial charge >= 0.3 is 0 Å². The molecule has 0 saturated carbocycles. The van der Waals surface area contributed by atoms with Gasteiger partial charge in [0.05, 0.1) is 25.7 Å². The van der Waals surface area contributed by atoms with E-state index in [4.69, 9.17) is 4.74 Å². The number of carbonyl (C=O) groups excluding carboxylic acids is 1. The Hall–Kier alpha value is -0.750. The highest BCUT2D eigenvalue weighted by Crippen LogP contribution is 2.08. The largest absolute Gasteiger partial charge is 0.378 e. The number of hydrogen-bond donors (Lipinski definition) is 1. The molecule has 0 radical (unpaired) electrons. The Bertz CT molecular complexity index is 234. The fourth-order valence-corrected chi connectivity index (χ4v) is 1.77. The van der Waals surface area contributed by atoms with Crippen molar-refractivity contribution in [1.29, 1.82) is 0 Å². The topological polar surface area (TPSA) is 41.6 Å². The summed E-state index contributed by atoms with van der Waals surface area (Å²) in [6, 6.07) is 0. The van der Waals surface area contributed by atoms with E-state index in [1.54, 1.807) is 0 Å². The molecule has 1 amide bonds. The van der Waals surface area contributed by atoms with Gasteiger partial charge in [-0.3, -0.25) is 4.79 Å². The summed E-state index contributed by atoms with van der Waals surface area (Å²) >= 11 is 0. The number of ether oxygens (including phenoxy) is 1. The van der Waals surface area contributed by atoms with Crippen molar-refractivity contribution in [2.45, 2.75) is 31.8 Å². The summed E-state index contributed by atoms with van der Waals surface area (Å²) < 4.78 is 29.6. The standard InChI is InChI=1S/C11H20F2N2O2/c1-15(8-10(12)13)11(16)4-7-17-9-2-5-14-6-3-9/h9-10,14H,2-8H2,1H3. The van der Waals surface area contributed by atoms with Crippen LogP contribution in [0.1, 0.15) is 19.3 Å². The number of halogens is 2. The van der Waals surface area contributed by atoms with E-state index in [2.05, 4.69) is 5.32 Å². The summed E-state index contributed by atoms with van der Waals surface area (Å²) in [4.78, 5) is 12.5. The van der Waals surface area contributed by atoms with E-state index in [9.17, 15) is 13.6 Å². The Balaban J connectivity index is 2.10. The molecule has 1 heterocycles. The minimum atomic E-state index is -2.48. The van der Waals surface area contributed by atoms with Crippen LogP contribution in [0.5, 0.6) is 0 Å². The van der Waals surface area contributed by atoms with Crippen molar-refractivity contribution in [3.8, 4) is 0 Å². The third-order valence-electron chi connectivity index (χ3n) is 2.79. The van der Waals surface area contributed by atoms with Crippen molar-refractivity contribution < 1.29 is 18.3 Å². The van der Waals surface area contributed by atoms with Gasteiger partial charge in [-0.05, 0) is 25.9 Å². The molecule has 17 heavy (non-hydrogen) atoms. The van der Waals surface area contributed by atoms with Crippen molar-refractivity contribution in [3.05, 3.63) is 0 Å². The molecule has 1 saturated heterocycles. The van der Waals surface area contributed by atoms with E-state index >= 15 is 0 Å². The zero-order valence-electron chi connectivity index (χ0n) is 10.1. The second kappa shape index (κ2) is 7.55. The lowest BCUT2D eigenvalue weighted by Gasteiger charge is -2.23. The van der Waals surface area contributed by atoms with E-state index in [0.717, 1.165) is 30.8 Å². The fourth-order valence-electron chi connectivity index (χ4n) is 1.77. The molecule has 0 aromatic carbocycles. The third-order valence-corrected chi connectivity index (χ3v) is 2.79. The zero-order chi connectivity index (χ0) is 12.7. The maximum absolute atomic E-state index is 12.0. The van der Waals surface area contributed by atoms with Crippen LogP contribution in [0.15, 0.2) is 0 Å². The molecule has 0 bridgehead atoms. The number of hydrogen-bond acceptors (Lipinski definition) is 3. The molecule has 0 atom stereocenters. The molecule has 1 N–H and O–H groups in total. The molecule has 1 aliphatic heterocycles. The third kappa shape index (κ3) is 5.93. The van der Waals surface area contributed by atoms with Gasteiger partial charge in [-0.1, -0.05) is 0 Å². The number of rotatable bonds is 6. The Labute approximate surface area is 100 Å². The van der Waals surface area contributed by atoms with Crippen LogP contribution >= 0.6 is 0 Å². The summed E-state index contributed by atoms with van der Waals surface area (Å²) in [6.45, 7) is 1.68. The predicted octanol–water partition coefficient (Wildman–Crippen LogP) is 0.869. The van der Waals surface area contributed by atoms with Gasteiger partial charge in [0.15, 0.2) is 0 Å². The summed E-state index contributed by atoms with van der Waals surface area (Å²) in [5, 5.41) is 3.22. The quantitative estimate of drug-likeness (QED) is 0.760. The van der Waals surface area contributed by atoms with Crippen LogP contribution in [-0.2, 0) is 9.53 Å². The van der Waals surface area contributed by atoms with Crippen molar-refractivity contribution >= 4 is 5.91 Å². The lowest BCUT2D eigenvalue weighted by molar-refractivity contribution is -0.133. The first kappa shape index (κ1) is 14.3. The minimum Gasteiger partial charge on any atom is -0.378 e.